The minimum absolute atomic E-state index is 0.0780. The van der Waals surface area contributed by atoms with Crippen LogP contribution in [-0.4, -0.2) is 16.1 Å². The van der Waals surface area contributed by atoms with Crippen LogP contribution in [0.5, 0.6) is 0 Å². The van der Waals surface area contributed by atoms with Crippen LogP contribution in [-0.2, 0) is 11.3 Å². The summed E-state index contributed by atoms with van der Waals surface area (Å²) in [6.07, 6.45) is -0.523. The molecule has 7 heteroatoms. The van der Waals surface area contributed by atoms with Crippen molar-refractivity contribution in [2.24, 2.45) is 0 Å². The molecule has 3 rings (SSSR count). The maximum atomic E-state index is 11.8. The van der Waals surface area contributed by atoms with Gasteiger partial charge in [0.15, 0.2) is 0 Å². The molecule has 0 aliphatic rings. The molecule has 1 heterocycles. The van der Waals surface area contributed by atoms with Gasteiger partial charge in [-0.2, -0.15) is 0 Å². The zero-order chi connectivity index (χ0) is 17.6. The SMILES string of the molecule is O=C(Nc1ccc(-c2cc(Cl)nc(Cl)n2)cc1)OCc1ccccc1. The molecular weight excluding hydrogens is 361 g/mol. The average Bonchev–Trinajstić information content (AvgIpc) is 2.61. The minimum atomic E-state index is -0.523. The van der Waals surface area contributed by atoms with Gasteiger partial charge in [-0.25, -0.2) is 14.8 Å². The summed E-state index contributed by atoms with van der Waals surface area (Å²) >= 11 is 11.7. The number of hydrogen-bond acceptors (Lipinski definition) is 4. The van der Waals surface area contributed by atoms with Gasteiger partial charge >= 0.3 is 6.09 Å². The zero-order valence-electron chi connectivity index (χ0n) is 12.9. The molecule has 0 aliphatic heterocycles. The number of nitrogens with one attached hydrogen (secondary N) is 1. The predicted molar refractivity (Wildman–Crippen MR) is 97.7 cm³/mol. The summed E-state index contributed by atoms with van der Waals surface area (Å²) in [4.78, 5) is 19.8. The molecule has 1 aromatic heterocycles. The van der Waals surface area contributed by atoms with Gasteiger partial charge in [0.2, 0.25) is 5.28 Å². The molecule has 0 fully saturated rings. The summed E-state index contributed by atoms with van der Waals surface area (Å²) in [6, 6.07) is 18.1. The Morgan fingerprint density at radius 1 is 1.00 bits per heavy atom. The molecule has 5 nitrogen and oxygen atoms in total. The summed E-state index contributed by atoms with van der Waals surface area (Å²) in [6.45, 7) is 0.211. The normalized spacial score (nSPS) is 10.3. The number of amides is 1. The molecule has 2 aromatic carbocycles. The lowest BCUT2D eigenvalue weighted by Crippen LogP contribution is -2.13. The zero-order valence-corrected chi connectivity index (χ0v) is 14.5. The lowest BCUT2D eigenvalue weighted by molar-refractivity contribution is 0.155. The van der Waals surface area contributed by atoms with Gasteiger partial charge in [0.1, 0.15) is 11.8 Å². The fourth-order valence-electron chi connectivity index (χ4n) is 2.14. The van der Waals surface area contributed by atoms with Gasteiger partial charge < -0.3 is 4.74 Å². The molecule has 0 radical (unpaired) electrons. The third-order valence-electron chi connectivity index (χ3n) is 3.31. The van der Waals surface area contributed by atoms with E-state index in [0.29, 0.717) is 11.4 Å². The standard InChI is InChI=1S/C18H13Cl2N3O2/c19-16-10-15(22-17(20)23-16)13-6-8-14(9-7-13)21-18(24)25-11-12-4-2-1-3-5-12/h1-10H,11H2,(H,21,24). The van der Waals surface area contributed by atoms with E-state index in [1.165, 1.54) is 0 Å². The molecule has 126 valence electrons. The summed E-state index contributed by atoms with van der Waals surface area (Å²) in [7, 11) is 0. The van der Waals surface area contributed by atoms with E-state index < -0.39 is 6.09 Å². The molecule has 25 heavy (non-hydrogen) atoms. The average molecular weight is 374 g/mol. The summed E-state index contributed by atoms with van der Waals surface area (Å²) in [5.41, 5.74) is 2.93. The van der Waals surface area contributed by atoms with Crippen LogP contribution in [0.15, 0.2) is 60.7 Å². The van der Waals surface area contributed by atoms with Crippen LogP contribution in [0, 0.1) is 0 Å². The number of halogens is 2. The van der Waals surface area contributed by atoms with Gasteiger partial charge in [-0.1, -0.05) is 54.1 Å². The molecular formula is C18H13Cl2N3O2. The molecule has 3 aromatic rings. The molecule has 0 bridgehead atoms. The molecule has 0 saturated carbocycles. The fraction of sp³-hybridized carbons (Fsp3) is 0.0556. The van der Waals surface area contributed by atoms with E-state index in [-0.39, 0.29) is 17.0 Å². The Balaban J connectivity index is 1.61. The van der Waals surface area contributed by atoms with E-state index in [1.54, 1.807) is 30.3 Å². The lowest BCUT2D eigenvalue weighted by atomic mass is 10.1. The minimum Gasteiger partial charge on any atom is -0.444 e. The number of carbonyl (C=O) groups excluding carboxylic acids is 1. The second-order valence-corrected chi connectivity index (χ2v) is 5.83. The topological polar surface area (TPSA) is 64.1 Å². The Bertz CT molecular complexity index is 851. The number of hydrogen-bond donors (Lipinski definition) is 1. The van der Waals surface area contributed by atoms with E-state index in [1.807, 2.05) is 30.3 Å². The van der Waals surface area contributed by atoms with Gasteiger partial charge in [0.05, 0.1) is 5.69 Å². The number of carbonyl (C=O) groups is 1. The smallest absolute Gasteiger partial charge is 0.411 e. The number of anilines is 1. The Hall–Kier alpha value is -2.63. The molecule has 0 unspecified atom stereocenters. The third-order valence-corrected chi connectivity index (χ3v) is 3.67. The van der Waals surface area contributed by atoms with Gasteiger partial charge in [-0.05, 0) is 29.3 Å². The van der Waals surface area contributed by atoms with Crippen LogP contribution in [0.2, 0.25) is 10.4 Å². The number of ether oxygens (including phenoxy) is 1. The number of aromatic nitrogens is 2. The predicted octanol–water partition coefficient (Wildman–Crippen LogP) is 5.20. The Morgan fingerprint density at radius 2 is 1.72 bits per heavy atom. The van der Waals surface area contributed by atoms with Gasteiger partial charge in [0, 0.05) is 17.3 Å². The Morgan fingerprint density at radius 3 is 2.40 bits per heavy atom. The van der Waals surface area contributed by atoms with Crippen molar-refractivity contribution in [2.75, 3.05) is 5.32 Å². The highest BCUT2D eigenvalue weighted by molar-refractivity contribution is 6.32. The largest absolute Gasteiger partial charge is 0.444 e. The van der Waals surface area contributed by atoms with Crippen molar-refractivity contribution in [1.82, 2.24) is 9.97 Å². The van der Waals surface area contributed by atoms with Crippen LogP contribution < -0.4 is 5.32 Å². The summed E-state index contributed by atoms with van der Waals surface area (Å²) in [5.74, 6) is 0. The van der Waals surface area contributed by atoms with Crippen molar-refractivity contribution < 1.29 is 9.53 Å². The maximum Gasteiger partial charge on any atom is 0.411 e. The van der Waals surface area contributed by atoms with E-state index in [9.17, 15) is 4.79 Å². The van der Waals surface area contributed by atoms with Crippen molar-refractivity contribution in [3.63, 3.8) is 0 Å². The van der Waals surface area contributed by atoms with Crippen molar-refractivity contribution in [3.05, 3.63) is 76.7 Å². The van der Waals surface area contributed by atoms with Crippen LogP contribution in [0.25, 0.3) is 11.3 Å². The first kappa shape index (κ1) is 17.2. The molecule has 0 saturated heterocycles. The highest BCUT2D eigenvalue weighted by atomic mass is 35.5. The van der Waals surface area contributed by atoms with Crippen molar-refractivity contribution in [2.45, 2.75) is 6.61 Å². The number of nitrogens with zero attached hydrogens (tertiary/aromatic N) is 2. The Labute approximate surface area is 154 Å². The number of benzene rings is 2. The van der Waals surface area contributed by atoms with Crippen LogP contribution >= 0.6 is 23.2 Å². The van der Waals surface area contributed by atoms with E-state index in [0.717, 1.165) is 11.1 Å². The second-order valence-electron chi connectivity index (χ2n) is 5.11. The quantitative estimate of drug-likeness (QED) is 0.504. The van der Waals surface area contributed by atoms with Crippen LogP contribution in [0.3, 0.4) is 0 Å². The molecule has 0 aliphatic carbocycles. The highest BCUT2D eigenvalue weighted by Crippen LogP contribution is 2.23. The first-order valence-electron chi connectivity index (χ1n) is 7.38. The van der Waals surface area contributed by atoms with E-state index in [4.69, 9.17) is 27.9 Å². The van der Waals surface area contributed by atoms with Crippen LogP contribution in [0.4, 0.5) is 10.5 Å². The molecule has 0 atom stereocenters. The first-order valence-corrected chi connectivity index (χ1v) is 8.14. The molecule has 1 N–H and O–H groups in total. The maximum absolute atomic E-state index is 11.8. The van der Waals surface area contributed by atoms with Crippen molar-refractivity contribution in [3.8, 4) is 11.3 Å². The van der Waals surface area contributed by atoms with E-state index in [2.05, 4.69) is 15.3 Å². The highest BCUT2D eigenvalue weighted by Gasteiger charge is 2.07. The number of rotatable bonds is 4. The lowest BCUT2D eigenvalue weighted by Gasteiger charge is -2.08. The third kappa shape index (κ3) is 4.92. The molecule has 1 amide bonds. The van der Waals surface area contributed by atoms with Gasteiger partial charge in [0.25, 0.3) is 0 Å². The second kappa shape index (κ2) is 7.96. The van der Waals surface area contributed by atoms with Gasteiger partial charge in [-0.3, -0.25) is 5.32 Å². The Kier molecular flexibility index (Phi) is 5.48. The summed E-state index contributed by atoms with van der Waals surface area (Å²) in [5, 5.41) is 3.01. The monoisotopic (exact) mass is 373 g/mol. The fourth-order valence-corrected chi connectivity index (χ4v) is 2.55. The first-order chi connectivity index (χ1) is 12.1. The van der Waals surface area contributed by atoms with E-state index >= 15 is 0 Å². The molecule has 0 spiro atoms. The van der Waals surface area contributed by atoms with Crippen LogP contribution in [0.1, 0.15) is 5.56 Å². The summed E-state index contributed by atoms with van der Waals surface area (Å²) < 4.78 is 5.17. The van der Waals surface area contributed by atoms with Crippen molar-refractivity contribution in [1.29, 1.82) is 0 Å². The van der Waals surface area contributed by atoms with Gasteiger partial charge in [-0.15, -0.1) is 0 Å². The van der Waals surface area contributed by atoms with Crippen molar-refractivity contribution >= 4 is 35.0 Å².